The van der Waals surface area contributed by atoms with Gasteiger partial charge >= 0.3 is 11.4 Å². The van der Waals surface area contributed by atoms with Gasteiger partial charge in [-0.2, -0.15) is 5.10 Å². The number of benzene rings is 1. The fourth-order valence-electron chi connectivity index (χ4n) is 2.17. The molecule has 0 bridgehead atoms. The number of aromatic hydroxyl groups is 1. The second-order valence-corrected chi connectivity index (χ2v) is 5.31. The van der Waals surface area contributed by atoms with E-state index in [2.05, 4.69) is 20.5 Å². The van der Waals surface area contributed by atoms with Crippen LogP contribution in [-0.4, -0.2) is 32.1 Å². The Labute approximate surface area is 145 Å². The van der Waals surface area contributed by atoms with E-state index in [-0.39, 0.29) is 18.4 Å². The Morgan fingerprint density at radius 1 is 1.38 bits per heavy atom. The molecule has 0 atom stereocenters. The topological polar surface area (TPSA) is 171 Å². The molecule has 0 aliphatic carbocycles. The fraction of sp³-hybridized carbons (Fsp3) is 0.200. The second kappa shape index (κ2) is 7.88. The first-order valence-electron chi connectivity index (χ1n) is 7.39. The maximum absolute atomic E-state index is 11.8. The first-order valence-corrected chi connectivity index (χ1v) is 7.39. The molecule has 2 rings (SSSR count). The number of aryl methyl sites for hydroxylation is 1. The monoisotopic (exact) mass is 361 g/mol. The molecule has 0 saturated heterocycles. The molecule has 11 nitrogen and oxygen atoms in total. The minimum absolute atomic E-state index is 0.0526. The molecular weight excluding hydrogens is 346 g/mol. The summed E-state index contributed by atoms with van der Waals surface area (Å²) < 4.78 is 0. The number of rotatable bonds is 6. The largest absolute Gasteiger partial charge is 0.502 e. The van der Waals surface area contributed by atoms with Crippen LogP contribution in [0.1, 0.15) is 23.2 Å². The van der Waals surface area contributed by atoms with Crippen LogP contribution in [-0.2, 0) is 11.2 Å². The lowest BCUT2D eigenvalue weighted by Crippen LogP contribution is -2.28. The Hall–Kier alpha value is -3.76. The summed E-state index contributed by atoms with van der Waals surface area (Å²) in [6.07, 6.45) is 1.23. The zero-order valence-corrected chi connectivity index (χ0v) is 13.6. The molecule has 11 heteroatoms. The van der Waals surface area contributed by atoms with Crippen LogP contribution >= 0.6 is 0 Å². The number of carbonyl (C=O) groups is 1. The lowest BCUT2D eigenvalue weighted by Gasteiger charge is -2.03. The summed E-state index contributed by atoms with van der Waals surface area (Å²) in [7, 11) is 0. The molecule has 0 saturated carbocycles. The molecule has 0 unspecified atom stereocenters. The van der Waals surface area contributed by atoms with Crippen molar-refractivity contribution < 1.29 is 14.8 Å². The summed E-state index contributed by atoms with van der Waals surface area (Å²) in [6.45, 7) is 1.56. The molecular formula is C15H15N5O6. The van der Waals surface area contributed by atoms with Crippen molar-refractivity contribution in [3.63, 3.8) is 0 Å². The van der Waals surface area contributed by atoms with Crippen molar-refractivity contribution in [2.24, 2.45) is 5.10 Å². The summed E-state index contributed by atoms with van der Waals surface area (Å²) in [6, 6.07) is 3.64. The number of hydrogen-bond acceptors (Lipinski definition) is 7. The number of aromatic nitrogens is 2. The zero-order chi connectivity index (χ0) is 19.3. The normalized spacial score (nSPS) is 10.8. The Balaban J connectivity index is 1.96. The summed E-state index contributed by atoms with van der Waals surface area (Å²) in [5.74, 6) is -0.961. The van der Waals surface area contributed by atoms with Crippen LogP contribution < -0.4 is 16.7 Å². The highest BCUT2D eigenvalue weighted by Gasteiger charge is 2.13. The van der Waals surface area contributed by atoms with Gasteiger partial charge < -0.3 is 10.1 Å². The van der Waals surface area contributed by atoms with E-state index >= 15 is 0 Å². The van der Waals surface area contributed by atoms with Crippen molar-refractivity contribution in [3.8, 4) is 5.75 Å². The van der Waals surface area contributed by atoms with Gasteiger partial charge in [-0.3, -0.25) is 24.7 Å². The third kappa shape index (κ3) is 4.63. The van der Waals surface area contributed by atoms with Crippen molar-refractivity contribution >= 4 is 17.8 Å². The molecule has 0 aliphatic rings. The van der Waals surface area contributed by atoms with Crippen molar-refractivity contribution in [1.29, 1.82) is 0 Å². The van der Waals surface area contributed by atoms with E-state index in [9.17, 15) is 29.6 Å². The minimum atomic E-state index is -0.741. The van der Waals surface area contributed by atoms with Gasteiger partial charge in [0.05, 0.1) is 11.1 Å². The number of nitro groups is 1. The van der Waals surface area contributed by atoms with Crippen molar-refractivity contribution in [2.75, 3.05) is 0 Å². The molecule has 1 aromatic heterocycles. The van der Waals surface area contributed by atoms with E-state index in [4.69, 9.17) is 0 Å². The summed E-state index contributed by atoms with van der Waals surface area (Å²) in [5, 5.41) is 23.8. The van der Waals surface area contributed by atoms with Crippen LogP contribution in [0.4, 0.5) is 5.69 Å². The predicted molar refractivity (Wildman–Crippen MR) is 91.2 cm³/mol. The average Bonchev–Trinajstić information content (AvgIpc) is 2.55. The van der Waals surface area contributed by atoms with Gasteiger partial charge in [0.15, 0.2) is 5.75 Å². The molecule has 1 aromatic carbocycles. The van der Waals surface area contributed by atoms with E-state index in [0.717, 1.165) is 12.1 Å². The van der Waals surface area contributed by atoms with Gasteiger partial charge in [-0.1, -0.05) is 0 Å². The molecule has 0 spiro atoms. The van der Waals surface area contributed by atoms with Crippen LogP contribution in [0.5, 0.6) is 5.75 Å². The van der Waals surface area contributed by atoms with Crippen LogP contribution in [0.3, 0.4) is 0 Å². The lowest BCUT2D eigenvalue weighted by molar-refractivity contribution is -0.385. The molecule has 0 aliphatic heterocycles. The zero-order valence-electron chi connectivity index (χ0n) is 13.6. The number of aromatic amines is 2. The molecule has 26 heavy (non-hydrogen) atoms. The molecule has 0 fully saturated rings. The van der Waals surface area contributed by atoms with Gasteiger partial charge in [-0.05, 0) is 25.5 Å². The van der Waals surface area contributed by atoms with Gasteiger partial charge in [-0.25, -0.2) is 10.2 Å². The number of phenolic OH excluding ortho intramolecular Hbond substituents is 1. The number of carbonyl (C=O) groups excluding carboxylic acids is 1. The average molecular weight is 361 g/mol. The number of hydrogen-bond donors (Lipinski definition) is 4. The van der Waals surface area contributed by atoms with E-state index < -0.39 is 33.5 Å². The molecule has 2 aromatic rings. The molecule has 1 amide bonds. The lowest BCUT2D eigenvalue weighted by atomic mass is 10.1. The van der Waals surface area contributed by atoms with Crippen molar-refractivity contribution in [2.45, 2.75) is 19.8 Å². The van der Waals surface area contributed by atoms with Gasteiger partial charge in [0, 0.05) is 29.3 Å². The second-order valence-electron chi connectivity index (χ2n) is 5.31. The van der Waals surface area contributed by atoms with Crippen LogP contribution in [0.15, 0.2) is 32.9 Å². The molecule has 0 radical (unpaired) electrons. The summed E-state index contributed by atoms with van der Waals surface area (Å²) >= 11 is 0. The Morgan fingerprint density at radius 3 is 2.77 bits per heavy atom. The SMILES string of the molecule is Cc1[nH]c(=O)[nH]c(=O)c1CCC(=O)N/N=C/c1ccc(O)c([N+](=O)[O-])c1. The van der Waals surface area contributed by atoms with Gasteiger partial charge in [0.2, 0.25) is 5.91 Å². The maximum Gasteiger partial charge on any atom is 0.325 e. The first kappa shape index (κ1) is 18.6. The third-order valence-electron chi connectivity index (χ3n) is 3.46. The van der Waals surface area contributed by atoms with E-state index in [1.54, 1.807) is 6.92 Å². The highest BCUT2D eigenvalue weighted by molar-refractivity contribution is 5.83. The quantitative estimate of drug-likeness (QED) is 0.322. The number of hydrazone groups is 1. The number of nitro benzene ring substituents is 1. The Bertz CT molecular complexity index is 991. The van der Waals surface area contributed by atoms with Crippen molar-refractivity contribution in [1.82, 2.24) is 15.4 Å². The fourth-order valence-corrected chi connectivity index (χ4v) is 2.17. The van der Waals surface area contributed by atoms with Crippen LogP contribution in [0.2, 0.25) is 0 Å². The van der Waals surface area contributed by atoms with Gasteiger partial charge in [0.1, 0.15) is 0 Å². The van der Waals surface area contributed by atoms with E-state index in [1.807, 2.05) is 0 Å². The number of nitrogens with zero attached hydrogens (tertiary/aromatic N) is 2. The number of amides is 1. The number of phenols is 1. The third-order valence-corrected chi connectivity index (χ3v) is 3.46. The van der Waals surface area contributed by atoms with Crippen molar-refractivity contribution in [3.05, 3.63) is 66.0 Å². The highest BCUT2D eigenvalue weighted by atomic mass is 16.6. The summed E-state index contributed by atoms with van der Waals surface area (Å²) in [4.78, 5) is 49.1. The Morgan fingerprint density at radius 2 is 2.12 bits per heavy atom. The molecule has 136 valence electrons. The Kier molecular flexibility index (Phi) is 5.63. The van der Waals surface area contributed by atoms with Gasteiger partial charge in [0.25, 0.3) is 5.56 Å². The highest BCUT2D eigenvalue weighted by Crippen LogP contribution is 2.25. The van der Waals surface area contributed by atoms with Crippen LogP contribution in [0.25, 0.3) is 0 Å². The van der Waals surface area contributed by atoms with E-state index in [1.165, 1.54) is 12.3 Å². The number of nitrogens with one attached hydrogen (secondary N) is 3. The minimum Gasteiger partial charge on any atom is -0.502 e. The van der Waals surface area contributed by atoms with Crippen LogP contribution in [0, 0.1) is 17.0 Å². The first-order chi connectivity index (χ1) is 12.3. The standard InChI is InChI=1S/C15H15N5O6/c1-8-10(14(23)18-15(24)17-8)3-5-13(22)19-16-7-9-2-4-12(21)11(6-9)20(25)26/h2,4,6-7,21H,3,5H2,1H3,(H,19,22)(H2,17,18,23,24)/b16-7+. The maximum atomic E-state index is 11.8. The number of H-pyrrole nitrogens is 2. The van der Waals surface area contributed by atoms with Gasteiger partial charge in [-0.15, -0.1) is 0 Å². The predicted octanol–water partition coefficient (Wildman–Crippen LogP) is 0.0683. The molecule has 1 heterocycles. The smallest absolute Gasteiger partial charge is 0.325 e. The molecule has 4 N–H and O–H groups in total. The van der Waals surface area contributed by atoms with E-state index in [0.29, 0.717) is 11.3 Å². The summed E-state index contributed by atoms with van der Waals surface area (Å²) in [5.41, 5.74) is 1.56.